The Morgan fingerprint density at radius 1 is 1.23 bits per heavy atom. The second-order valence-electron chi connectivity index (χ2n) is 8.31. The van der Waals surface area contributed by atoms with Gasteiger partial charge in [0, 0.05) is 68.1 Å². The zero-order chi connectivity index (χ0) is 26.9. The van der Waals surface area contributed by atoms with E-state index in [0.717, 1.165) is 16.5 Å². The van der Waals surface area contributed by atoms with E-state index >= 15 is 0 Å². The van der Waals surface area contributed by atoms with Gasteiger partial charge in [-0.25, -0.2) is 9.97 Å². The topological polar surface area (TPSA) is 102 Å². The third-order valence-electron chi connectivity index (χ3n) is 5.55. The van der Waals surface area contributed by atoms with Crippen LogP contribution in [0.4, 0.5) is 23.0 Å². The Kier molecular flexibility index (Phi) is 6.09. The average Bonchev–Trinajstić information content (AvgIpc) is 3.19. The predicted molar refractivity (Wildman–Crippen MR) is 139 cm³/mol. The van der Waals surface area contributed by atoms with Gasteiger partial charge in [0.25, 0.3) is 5.69 Å². The number of nitrogens with zero attached hydrogens (tertiary/aromatic N) is 6. The van der Waals surface area contributed by atoms with E-state index in [2.05, 4.69) is 15.3 Å². The summed E-state index contributed by atoms with van der Waals surface area (Å²) in [6.45, 7) is -1.83. The van der Waals surface area contributed by atoms with Crippen molar-refractivity contribution in [2.45, 2.75) is 0 Å². The van der Waals surface area contributed by atoms with Crippen molar-refractivity contribution in [2.24, 2.45) is 7.05 Å². The molecule has 0 fully saturated rings. The van der Waals surface area contributed by atoms with Crippen molar-refractivity contribution in [1.82, 2.24) is 19.4 Å². The molecule has 0 amide bonds. The molecule has 4 rings (SSSR count). The SMILES string of the molecule is [2H]C([2H])(CN(C)C)N(C)c1cc(OC)c(Nc2nccc(-c3cn(C)c4ccccc34)n2)cc1[N+](=O)[O-]. The van der Waals surface area contributed by atoms with Gasteiger partial charge in [-0.2, -0.15) is 0 Å². The van der Waals surface area contributed by atoms with Crippen LogP contribution < -0.4 is 15.0 Å². The van der Waals surface area contributed by atoms with Crippen LogP contribution in [0.15, 0.2) is 54.9 Å². The van der Waals surface area contributed by atoms with Crippen LogP contribution in [-0.2, 0) is 7.05 Å². The second-order valence-corrected chi connectivity index (χ2v) is 8.31. The van der Waals surface area contributed by atoms with Gasteiger partial charge >= 0.3 is 0 Å². The molecule has 10 nitrogen and oxygen atoms in total. The first kappa shape index (κ1) is 21.4. The van der Waals surface area contributed by atoms with Gasteiger partial charge in [-0.05, 0) is 26.2 Å². The van der Waals surface area contributed by atoms with E-state index in [1.54, 1.807) is 31.3 Å². The Balaban J connectivity index is 1.73. The van der Waals surface area contributed by atoms with Gasteiger partial charge in [0.1, 0.15) is 11.4 Å². The molecule has 2 aromatic heterocycles. The molecule has 0 atom stereocenters. The van der Waals surface area contributed by atoms with E-state index in [1.165, 1.54) is 31.2 Å². The molecule has 0 aliphatic carbocycles. The summed E-state index contributed by atoms with van der Waals surface area (Å²) in [5, 5.41) is 16.1. The van der Waals surface area contributed by atoms with E-state index in [-0.39, 0.29) is 35.3 Å². The molecule has 0 bridgehead atoms. The van der Waals surface area contributed by atoms with Crippen LogP contribution in [0.5, 0.6) is 5.75 Å². The molecule has 0 aliphatic heterocycles. The van der Waals surface area contributed by atoms with Crippen molar-refractivity contribution >= 4 is 33.9 Å². The van der Waals surface area contributed by atoms with E-state index in [1.807, 2.05) is 42.1 Å². The summed E-state index contributed by atoms with van der Waals surface area (Å²) in [5.74, 6) is 0.523. The first-order valence-electron chi connectivity index (χ1n) is 11.9. The number of fused-ring (bicyclic) bond motifs is 1. The summed E-state index contributed by atoms with van der Waals surface area (Å²) in [6, 6.07) is 12.6. The van der Waals surface area contributed by atoms with Crippen molar-refractivity contribution in [3.8, 4) is 17.0 Å². The highest BCUT2D eigenvalue weighted by Crippen LogP contribution is 2.39. The number of hydrogen-bond donors (Lipinski definition) is 1. The van der Waals surface area contributed by atoms with E-state index in [4.69, 9.17) is 7.48 Å². The van der Waals surface area contributed by atoms with Crippen molar-refractivity contribution in [3.63, 3.8) is 0 Å². The molecule has 1 N–H and O–H groups in total. The van der Waals surface area contributed by atoms with Gasteiger partial charge in [-0.3, -0.25) is 10.1 Å². The number of aromatic nitrogens is 3. The predicted octanol–water partition coefficient (Wildman–Crippen LogP) is 4.29. The Morgan fingerprint density at radius 2 is 2.00 bits per heavy atom. The minimum atomic E-state index is -1.87. The summed E-state index contributed by atoms with van der Waals surface area (Å²) >= 11 is 0. The molecular weight excluding hydrogens is 446 g/mol. The van der Waals surface area contributed by atoms with Crippen LogP contribution in [-0.4, -0.2) is 65.7 Å². The summed E-state index contributed by atoms with van der Waals surface area (Å²) in [5.41, 5.74) is 2.78. The lowest BCUT2D eigenvalue weighted by atomic mass is 10.1. The normalized spacial score (nSPS) is 12.4. The fourth-order valence-electron chi connectivity index (χ4n) is 3.81. The van der Waals surface area contributed by atoms with Crippen LogP contribution in [0.25, 0.3) is 22.2 Å². The van der Waals surface area contributed by atoms with Gasteiger partial charge in [0.05, 0.1) is 26.2 Å². The molecule has 2 aromatic carbocycles. The van der Waals surface area contributed by atoms with Crippen LogP contribution >= 0.6 is 0 Å². The number of anilines is 3. The third-order valence-corrected chi connectivity index (χ3v) is 5.55. The number of nitrogens with one attached hydrogen (secondary N) is 1. The number of para-hydroxylation sites is 1. The van der Waals surface area contributed by atoms with Gasteiger partial charge in [0.15, 0.2) is 0 Å². The quantitative estimate of drug-likeness (QED) is 0.281. The molecule has 0 spiro atoms. The Morgan fingerprint density at radius 3 is 2.71 bits per heavy atom. The van der Waals surface area contributed by atoms with Gasteiger partial charge in [-0.1, -0.05) is 18.2 Å². The number of methoxy groups -OCH3 is 1. The van der Waals surface area contributed by atoms with Crippen LogP contribution in [0.1, 0.15) is 2.74 Å². The van der Waals surface area contributed by atoms with Crippen LogP contribution in [0.2, 0.25) is 0 Å². The molecule has 2 heterocycles. The number of benzene rings is 2. The molecule has 4 aromatic rings. The standard InChI is InChI=1S/C25H29N7O3/c1-29(2)12-13-30(3)22-15-24(35-5)20(14-23(22)32(33)34)28-25-26-11-10-19(27-25)18-16-31(4)21-9-7-6-8-17(18)21/h6-11,14-16H,12-13H2,1-5H3,(H,26,27,28)/i13D2. The van der Waals surface area contributed by atoms with Gasteiger partial charge in [0.2, 0.25) is 5.95 Å². The van der Waals surface area contributed by atoms with E-state index < -0.39 is 11.4 Å². The maximum atomic E-state index is 12.0. The number of rotatable bonds is 9. The zero-order valence-electron chi connectivity index (χ0n) is 22.3. The lowest BCUT2D eigenvalue weighted by Crippen LogP contribution is -2.28. The first-order chi connectivity index (χ1) is 17.5. The number of ether oxygens (including phenoxy) is 1. The maximum Gasteiger partial charge on any atom is 0.294 e. The molecule has 0 aliphatic rings. The van der Waals surface area contributed by atoms with Crippen molar-refractivity contribution in [3.05, 3.63) is 65.0 Å². The molecular formula is C25H29N7O3. The molecule has 182 valence electrons. The first-order valence-corrected chi connectivity index (χ1v) is 10.9. The monoisotopic (exact) mass is 477 g/mol. The second kappa shape index (κ2) is 9.98. The van der Waals surface area contributed by atoms with Crippen LogP contribution in [0.3, 0.4) is 0 Å². The number of hydrogen-bond acceptors (Lipinski definition) is 8. The number of likely N-dealkylation sites (N-methyl/N-ethyl adjacent to an activating group) is 2. The smallest absolute Gasteiger partial charge is 0.294 e. The van der Waals surface area contributed by atoms with Crippen molar-refractivity contribution < 1.29 is 12.4 Å². The number of aryl methyl sites for hydroxylation is 1. The molecule has 0 radical (unpaired) electrons. The third kappa shape index (κ3) is 5.02. The molecule has 0 unspecified atom stereocenters. The Labute approximate surface area is 206 Å². The fourth-order valence-corrected chi connectivity index (χ4v) is 3.81. The minimum absolute atomic E-state index is 0.0395. The average molecular weight is 478 g/mol. The van der Waals surface area contributed by atoms with E-state index in [0.29, 0.717) is 5.69 Å². The van der Waals surface area contributed by atoms with Crippen molar-refractivity contribution in [2.75, 3.05) is 51.5 Å². The summed E-state index contributed by atoms with van der Waals surface area (Å²) in [4.78, 5) is 23.3. The largest absolute Gasteiger partial charge is 0.494 e. The number of nitro benzene ring substituents is 1. The minimum Gasteiger partial charge on any atom is -0.494 e. The lowest BCUT2D eigenvalue weighted by Gasteiger charge is -2.22. The van der Waals surface area contributed by atoms with Crippen LogP contribution in [0, 0.1) is 10.1 Å². The highest BCUT2D eigenvalue weighted by atomic mass is 16.6. The Bertz CT molecular complexity index is 1460. The van der Waals surface area contributed by atoms with E-state index in [9.17, 15) is 10.1 Å². The maximum absolute atomic E-state index is 12.0. The lowest BCUT2D eigenvalue weighted by molar-refractivity contribution is -0.384. The Hall–Kier alpha value is -4.18. The summed E-state index contributed by atoms with van der Waals surface area (Å²) in [6.07, 6.45) is 3.61. The summed E-state index contributed by atoms with van der Waals surface area (Å²) in [7, 11) is 8.36. The fraction of sp³-hybridized carbons (Fsp3) is 0.280. The van der Waals surface area contributed by atoms with Crippen molar-refractivity contribution in [1.29, 1.82) is 0 Å². The zero-order valence-corrected chi connectivity index (χ0v) is 20.3. The molecule has 0 saturated carbocycles. The highest BCUT2D eigenvalue weighted by molar-refractivity contribution is 5.95. The van der Waals surface area contributed by atoms with Gasteiger partial charge < -0.3 is 24.4 Å². The molecule has 0 saturated heterocycles. The molecule has 10 heteroatoms. The number of nitro groups is 1. The summed E-state index contributed by atoms with van der Waals surface area (Å²) < 4.78 is 24.4. The highest BCUT2D eigenvalue weighted by Gasteiger charge is 2.22. The molecule has 35 heavy (non-hydrogen) atoms. The van der Waals surface area contributed by atoms with Gasteiger partial charge in [-0.15, -0.1) is 0 Å².